The van der Waals surface area contributed by atoms with Crippen molar-refractivity contribution in [3.63, 3.8) is 0 Å². The van der Waals surface area contributed by atoms with E-state index < -0.39 is 0 Å². The van der Waals surface area contributed by atoms with E-state index in [1.54, 1.807) is 26.0 Å². The maximum atomic E-state index is 5.67. The van der Waals surface area contributed by atoms with Crippen LogP contribution < -0.4 is 15.2 Å². The molecule has 2 N–H and O–H groups in total. The number of benzene rings is 2. The van der Waals surface area contributed by atoms with E-state index in [-0.39, 0.29) is 0 Å². The number of ether oxygens (including phenoxy) is 2. The van der Waals surface area contributed by atoms with E-state index in [9.17, 15) is 0 Å². The topological polar surface area (TPSA) is 44.5 Å². The predicted octanol–water partition coefficient (Wildman–Crippen LogP) is 3.45. The van der Waals surface area contributed by atoms with E-state index in [1.165, 1.54) is 10.5 Å². The molecule has 0 fully saturated rings. The van der Waals surface area contributed by atoms with Crippen molar-refractivity contribution >= 4 is 11.8 Å². The molecule has 0 bridgehead atoms. The third-order valence-corrected chi connectivity index (χ3v) is 4.08. The van der Waals surface area contributed by atoms with E-state index in [0.717, 1.165) is 22.8 Å². The van der Waals surface area contributed by atoms with Crippen LogP contribution in [0, 0.1) is 0 Å². The Balaban J connectivity index is 2.06. The summed E-state index contributed by atoms with van der Waals surface area (Å²) in [5.41, 5.74) is 7.92. The zero-order chi connectivity index (χ0) is 14.4. The smallest absolute Gasteiger partial charge is 0.123 e. The molecule has 0 heterocycles. The number of hydrogen-bond acceptors (Lipinski definition) is 4. The van der Waals surface area contributed by atoms with Crippen LogP contribution in [-0.4, -0.2) is 14.2 Å². The highest BCUT2D eigenvalue weighted by Crippen LogP contribution is 2.28. The van der Waals surface area contributed by atoms with Crippen LogP contribution in [0.5, 0.6) is 11.5 Å². The van der Waals surface area contributed by atoms with Crippen LogP contribution in [0.2, 0.25) is 0 Å². The molecule has 2 aromatic carbocycles. The standard InChI is InChI=1S/C16H19NO2S/c1-18-14-4-3-5-15(9-14)20-11-12-6-7-13(10-17)16(8-12)19-2/h3-9H,10-11,17H2,1-2H3. The SMILES string of the molecule is COc1cccc(SCc2ccc(CN)c(OC)c2)c1. The van der Waals surface area contributed by atoms with Crippen molar-refractivity contribution in [1.82, 2.24) is 0 Å². The first kappa shape index (κ1) is 14.8. The summed E-state index contributed by atoms with van der Waals surface area (Å²) < 4.78 is 10.6. The van der Waals surface area contributed by atoms with Gasteiger partial charge >= 0.3 is 0 Å². The average Bonchev–Trinajstić information content (AvgIpc) is 2.52. The number of nitrogens with two attached hydrogens (primary N) is 1. The minimum absolute atomic E-state index is 0.493. The molecule has 0 atom stereocenters. The van der Waals surface area contributed by atoms with Gasteiger partial charge in [-0.2, -0.15) is 0 Å². The van der Waals surface area contributed by atoms with Gasteiger partial charge in [0.15, 0.2) is 0 Å². The monoisotopic (exact) mass is 289 g/mol. The van der Waals surface area contributed by atoms with Gasteiger partial charge in [-0.3, -0.25) is 0 Å². The Kier molecular flexibility index (Phi) is 5.32. The molecule has 106 valence electrons. The molecule has 0 spiro atoms. The molecule has 0 aromatic heterocycles. The molecule has 2 rings (SSSR count). The fourth-order valence-corrected chi connectivity index (χ4v) is 2.79. The highest BCUT2D eigenvalue weighted by Gasteiger charge is 2.04. The van der Waals surface area contributed by atoms with Gasteiger partial charge in [-0.25, -0.2) is 0 Å². The normalized spacial score (nSPS) is 10.3. The first-order valence-electron chi connectivity index (χ1n) is 6.39. The van der Waals surface area contributed by atoms with E-state index in [1.807, 2.05) is 24.3 Å². The lowest BCUT2D eigenvalue weighted by molar-refractivity contribution is 0.409. The van der Waals surface area contributed by atoms with Gasteiger partial charge in [0.2, 0.25) is 0 Å². The molecule has 0 unspecified atom stereocenters. The molecule has 20 heavy (non-hydrogen) atoms. The van der Waals surface area contributed by atoms with E-state index in [0.29, 0.717) is 6.54 Å². The van der Waals surface area contributed by atoms with Gasteiger partial charge in [0, 0.05) is 22.8 Å². The molecule has 0 aliphatic rings. The van der Waals surface area contributed by atoms with Gasteiger partial charge < -0.3 is 15.2 Å². The van der Waals surface area contributed by atoms with Crippen molar-refractivity contribution in [2.45, 2.75) is 17.2 Å². The number of methoxy groups -OCH3 is 2. The Morgan fingerprint density at radius 3 is 2.60 bits per heavy atom. The second kappa shape index (κ2) is 7.22. The minimum atomic E-state index is 0.493. The zero-order valence-corrected chi connectivity index (χ0v) is 12.6. The van der Waals surface area contributed by atoms with Gasteiger partial charge in [-0.1, -0.05) is 18.2 Å². The molecule has 0 saturated heterocycles. The maximum absolute atomic E-state index is 5.67. The molecule has 0 aliphatic heterocycles. The predicted molar refractivity (Wildman–Crippen MR) is 83.4 cm³/mol. The van der Waals surface area contributed by atoms with Crippen molar-refractivity contribution in [2.75, 3.05) is 14.2 Å². The van der Waals surface area contributed by atoms with E-state index >= 15 is 0 Å². The van der Waals surface area contributed by atoms with Crippen LogP contribution in [0.15, 0.2) is 47.4 Å². The third-order valence-electron chi connectivity index (χ3n) is 3.02. The zero-order valence-electron chi connectivity index (χ0n) is 11.8. The summed E-state index contributed by atoms with van der Waals surface area (Å²) in [7, 11) is 3.35. The van der Waals surface area contributed by atoms with Crippen LogP contribution in [0.25, 0.3) is 0 Å². The van der Waals surface area contributed by atoms with Gasteiger partial charge in [0.25, 0.3) is 0 Å². The summed E-state index contributed by atoms with van der Waals surface area (Å²) in [5.74, 6) is 2.62. The summed E-state index contributed by atoms with van der Waals surface area (Å²) in [6.45, 7) is 0.493. The molecule has 0 saturated carbocycles. The van der Waals surface area contributed by atoms with Gasteiger partial charge in [-0.15, -0.1) is 11.8 Å². The van der Waals surface area contributed by atoms with Crippen molar-refractivity contribution in [2.24, 2.45) is 5.73 Å². The quantitative estimate of drug-likeness (QED) is 0.827. The molecule has 0 amide bonds. The van der Waals surface area contributed by atoms with E-state index in [4.69, 9.17) is 15.2 Å². The molecule has 4 heteroatoms. The number of rotatable bonds is 6. The number of hydrogen-bond donors (Lipinski definition) is 1. The minimum Gasteiger partial charge on any atom is -0.497 e. The highest BCUT2D eigenvalue weighted by molar-refractivity contribution is 7.98. The van der Waals surface area contributed by atoms with Gasteiger partial charge in [0.1, 0.15) is 11.5 Å². The van der Waals surface area contributed by atoms with Crippen LogP contribution in [0.3, 0.4) is 0 Å². The summed E-state index contributed by atoms with van der Waals surface area (Å²) in [6, 6.07) is 14.2. The Morgan fingerprint density at radius 2 is 1.90 bits per heavy atom. The van der Waals surface area contributed by atoms with Crippen molar-refractivity contribution in [3.8, 4) is 11.5 Å². The van der Waals surface area contributed by atoms with Crippen LogP contribution in [0.4, 0.5) is 0 Å². The van der Waals surface area contributed by atoms with Crippen molar-refractivity contribution in [3.05, 3.63) is 53.6 Å². The first-order chi connectivity index (χ1) is 9.76. The second-order valence-corrected chi connectivity index (χ2v) is 5.37. The molecule has 0 aliphatic carbocycles. The highest BCUT2D eigenvalue weighted by atomic mass is 32.2. The lowest BCUT2D eigenvalue weighted by Crippen LogP contribution is -2.00. The summed E-state index contributed by atoms with van der Waals surface area (Å²) >= 11 is 1.77. The maximum Gasteiger partial charge on any atom is 0.123 e. The number of thioether (sulfide) groups is 1. The lowest BCUT2D eigenvalue weighted by Gasteiger charge is -2.09. The average molecular weight is 289 g/mol. The molecule has 2 aromatic rings. The Morgan fingerprint density at radius 1 is 1.05 bits per heavy atom. The van der Waals surface area contributed by atoms with Gasteiger partial charge in [0.05, 0.1) is 14.2 Å². The Labute approximate surface area is 124 Å². The fourth-order valence-electron chi connectivity index (χ4n) is 1.91. The molecular formula is C16H19NO2S. The van der Waals surface area contributed by atoms with Crippen molar-refractivity contribution < 1.29 is 9.47 Å². The first-order valence-corrected chi connectivity index (χ1v) is 7.38. The summed E-state index contributed by atoms with van der Waals surface area (Å²) in [5, 5.41) is 0. The largest absolute Gasteiger partial charge is 0.497 e. The summed E-state index contributed by atoms with van der Waals surface area (Å²) in [6.07, 6.45) is 0. The lowest BCUT2D eigenvalue weighted by atomic mass is 10.1. The fraction of sp³-hybridized carbons (Fsp3) is 0.250. The molecule has 0 radical (unpaired) electrons. The van der Waals surface area contributed by atoms with Crippen LogP contribution in [0.1, 0.15) is 11.1 Å². The summed E-state index contributed by atoms with van der Waals surface area (Å²) in [4.78, 5) is 1.19. The van der Waals surface area contributed by atoms with E-state index in [2.05, 4.69) is 18.2 Å². The Hall–Kier alpha value is -1.65. The molecule has 3 nitrogen and oxygen atoms in total. The second-order valence-electron chi connectivity index (χ2n) is 4.32. The third kappa shape index (κ3) is 3.68. The van der Waals surface area contributed by atoms with Crippen LogP contribution in [-0.2, 0) is 12.3 Å². The molecular weight excluding hydrogens is 270 g/mol. The van der Waals surface area contributed by atoms with Crippen molar-refractivity contribution in [1.29, 1.82) is 0 Å². The van der Waals surface area contributed by atoms with Crippen LogP contribution >= 0.6 is 11.8 Å². The Bertz CT molecular complexity index is 572. The van der Waals surface area contributed by atoms with Gasteiger partial charge in [-0.05, 0) is 29.8 Å².